The number of nitriles is 1. The summed E-state index contributed by atoms with van der Waals surface area (Å²) in [4.78, 5) is 3.31. The van der Waals surface area contributed by atoms with Crippen molar-refractivity contribution >= 4 is 10.7 Å². The number of halogens is 3. The third-order valence-corrected chi connectivity index (χ3v) is 3.60. The first-order valence-corrected chi connectivity index (χ1v) is 7.39. The Morgan fingerprint density at radius 1 is 1.33 bits per heavy atom. The molecule has 1 aromatic heterocycles. The summed E-state index contributed by atoms with van der Waals surface area (Å²) in [5.74, 6) is -0.899. The van der Waals surface area contributed by atoms with Gasteiger partial charge < -0.3 is 4.52 Å². The van der Waals surface area contributed by atoms with Crippen molar-refractivity contribution in [2.24, 2.45) is 4.36 Å². The molecule has 0 radical (unpaired) electrons. The minimum atomic E-state index is -4.65. The van der Waals surface area contributed by atoms with E-state index in [2.05, 4.69) is 19.0 Å². The van der Waals surface area contributed by atoms with E-state index >= 15 is 0 Å². The molecule has 0 saturated carbocycles. The molecule has 1 heterocycles. The van der Waals surface area contributed by atoms with E-state index in [1.54, 1.807) is 30.5 Å². The van der Waals surface area contributed by atoms with Crippen molar-refractivity contribution < 1.29 is 17.7 Å². The fraction of sp³-hybridized carbons (Fsp3) is 0.250. The lowest BCUT2D eigenvalue weighted by Gasteiger charge is -2.01. The predicted molar refractivity (Wildman–Crippen MR) is 69.8 cm³/mol. The summed E-state index contributed by atoms with van der Waals surface area (Å²) in [5.41, 5.74) is 1.34. The van der Waals surface area contributed by atoms with Crippen LogP contribution in [-0.4, -0.2) is 16.4 Å². The van der Waals surface area contributed by atoms with E-state index in [1.165, 1.54) is 0 Å². The van der Waals surface area contributed by atoms with Gasteiger partial charge >= 0.3 is 12.1 Å². The van der Waals surface area contributed by atoms with Gasteiger partial charge in [-0.05, 0) is 11.8 Å². The van der Waals surface area contributed by atoms with E-state index in [-0.39, 0.29) is 5.82 Å². The maximum atomic E-state index is 12.4. The molecule has 0 bridgehead atoms. The smallest absolute Gasteiger partial charge is 0.329 e. The van der Waals surface area contributed by atoms with Gasteiger partial charge in [0.15, 0.2) is 0 Å². The summed E-state index contributed by atoms with van der Waals surface area (Å²) in [6, 6.07) is 6.67. The van der Waals surface area contributed by atoms with Crippen molar-refractivity contribution in [1.29, 1.82) is 5.26 Å². The maximum absolute atomic E-state index is 12.4. The number of aromatic nitrogens is 2. The van der Waals surface area contributed by atoms with Gasteiger partial charge in [-0.1, -0.05) is 40.1 Å². The van der Waals surface area contributed by atoms with Gasteiger partial charge in [-0.2, -0.15) is 27.8 Å². The summed E-state index contributed by atoms with van der Waals surface area (Å²) in [7, 11) is -0.414. The zero-order valence-corrected chi connectivity index (χ0v) is 11.6. The van der Waals surface area contributed by atoms with Gasteiger partial charge in [-0.15, -0.1) is 0 Å². The Labute approximate surface area is 120 Å². The van der Waals surface area contributed by atoms with Gasteiger partial charge in [-0.25, -0.2) is 0 Å². The maximum Gasteiger partial charge on any atom is 0.471 e. The van der Waals surface area contributed by atoms with Crippen LogP contribution >= 0.6 is 0 Å². The van der Waals surface area contributed by atoms with E-state index in [9.17, 15) is 13.2 Å². The summed E-state index contributed by atoms with van der Waals surface area (Å²) in [5, 5.41) is 11.8. The molecule has 0 fully saturated rings. The second-order valence-corrected chi connectivity index (χ2v) is 5.73. The van der Waals surface area contributed by atoms with Crippen LogP contribution in [0.1, 0.15) is 11.5 Å². The van der Waals surface area contributed by atoms with Crippen molar-refractivity contribution in [3.8, 4) is 17.6 Å². The largest absolute Gasteiger partial charge is 0.471 e. The zero-order valence-electron chi connectivity index (χ0n) is 10.8. The molecule has 1 unspecified atom stereocenters. The lowest BCUT2D eigenvalue weighted by Crippen LogP contribution is -2.04. The van der Waals surface area contributed by atoms with E-state index < -0.39 is 22.8 Å². The van der Waals surface area contributed by atoms with Gasteiger partial charge in [0, 0.05) is 11.3 Å². The molecule has 0 amide bonds. The third kappa shape index (κ3) is 3.88. The molecule has 1 aromatic carbocycles. The first-order chi connectivity index (χ1) is 9.90. The topological polar surface area (TPSA) is 75.1 Å². The number of alkyl halides is 3. The highest BCUT2D eigenvalue weighted by molar-refractivity contribution is 7.85. The molecular formula is C12H9F3N4OS. The Morgan fingerprint density at radius 3 is 2.52 bits per heavy atom. The molecule has 0 aliphatic carbocycles. The van der Waals surface area contributed by atoms with Crippen molar-refractivity contribution in [3.63, 3.8) is 0 Å². The minimum Gasteiger partial charge on any atom is -0.329 e. The summed E-state index contributed by atoms with van der Waals surface area (Å²) < 4.78 is 45.0. The monoisotopic (exact) mass is 314 g/mol. The quantitative estimate of drug-likeness (QED) is 0.815. The average Bonchev–Trinajstić information content (AvgIpc) is 2.89. The van der Waals surface area contributed by atoms with E-state index in [0.717, 1.165) is 5.56 Å². The van der Waals surface area contributed by atoms with Crippen LogP contribution < -0.4 is 0 Å². The standard InChI is InChI=1S/C12H9F3N4OS/c1-21(17-7-16)6-8-2-4-9(5-3-8)10-18-11(20-19-10)12(13,14)15/h2-5H,6H2,1H3. The van der Waals surface area contributed by atoms with E-state index in [4.69, 9.17) is 5.26 Å². The van der Waals surface area contributed by atoms with Gasteiger partial charge in [-0.3, -0.25) is 0 Å². The van der Waals surface area contributed by atoms with Gasteiger partial charge in [0.1, 0.15) is 0 Å². The van der Waals surface area contributed by atoms with Crippen LogP contribution in [0.2, 0.25) is 0 Å². The average molecular weight is 314 g/mol. The minimum absolute atomic E-state index is 0.119. The van der Waals surface area contributed by atoms with Gasteiger partial charge in [0.05, 0.1) is 0 Å². The first kappa shape index (κ1) is 15.2. The molecule has 9 heteroatoms. The number of hydrogen-bond donors (Lipinski definition) is 0. The zero-order chi connectivity index (χ0) is 15.5. The second kappa shape index (κ2) is 6.05. The fourth-order valence-corrected chi connectivity index (χ4v) is 2.43. The SMILES string of the molecule is CS(Cc1ccc(-c2noc(C(F)(F)F)n2)cc1)=NC#N. The third-order valence-electron chi connectivity index (χ3n) is 2.45. The molecule has 2 aromatic rings. The lowest BCUT2D eigenvalue weighted by atomic mass is 10.1. The second-order valence-electron chi connectivity index (χ2n) is 4.05. The molecule has 0 aliphatic heterocycles. The molecular weight excluding hydrogens is 305 g/mol. The van der Waals surface area contributed by atoms with Crippen LogP contribution in [0.5, 0.6) is 0 Å². The van der Waals surface area contributed by atoms with Crippen LogP contribution in [0.4, 0.5) is 13.2 Å². The van der Waals surface area contributed by atoms with Crippen LogP contribution in [0.15, 0.2) is 33.2 Å². The Morgan fingerprint density at radius 2 is 2.00 bits per heavy atom. The summed E-state index contributed by atoms with van der Waals surface area (Å²) in [6.07, 6.45) is -1.09. The highest BCUT2D eigenvalue weighted by Gasteiger charge is 2.38. The number of nitrogens with zero attached hydrogens (tertiary/aromatic N) is 4. The number of benzene rings is 1. The molecule has 110 valence electrons. The van der Waals surface area contributed by atoms with Crippen LogP contribution in [-0.2, 0) is 22.6 Å². The fourth-order valence-electron chi connectivity index (χ4n) is 1.55. The van der Waals surface area contributed by atoms with Crippen molar-refractivity contribution in [2.45, 2.75) is 11.9 Å². The molecule has 5 nitrogen and oxygen atoms in total. The van der Waals surface area contributed by atoms with Crippen LogP contribution in [0.25, 0.3) is 11.4 Å². The van der Waals surface area contributed by atoms with Gasteiger partial charge in [0.25, 0.3) is 0 Å². The molecule has 0 spiro atoms. The van der Waals surface area contributed by atoms with Gasteiger partial charge in [0.2, 0.25) is 12.0 Å². The molecule has 21 heavy (non-hydrogen) atoms. The Kier molecular flexibility index (Phi) is 4.37. The molecule has 0 N–H and O–H groups in total. The van der Waals surface area contributed by atoms with Crippen molar-refractivity contribution in [3.05, 3.63) is 35.7 Å². The van der Waals surface area contributed by atoms with Crippen molar-refractivity contribution in [1.82, 2.24) is 10.1 Å². The lowest BCUT2D eigenvalue weighted by molar-refractivity contribution is -0.159. The normalized spacial score (nSPS) is 13.1. The molecule has 1 atom stereocenters. The molecule has 0 saturated heterocycles. The van der Waals surface area contributed by atoms with Crippen LogP contribution in [0, 0.1) is 11.5 Å². The molecule has 2 rings (SSSR count). The summed E-state index contributed by atoms with van der Waals surface area (Å²) in [6.45, 7) is 0. The first-order valence-electron chi connectivity index (χ1n) is 5.63. The van der Waals surface area contributed by atoms with E-state index in [1.807, 2.05) is 6.26 Å². The number of hydrogen-bond acceptors (Lipinski definition) is 5. The Bertz CT molecular complexity index is 701. The van der Waals surface area contributed by atoms with Crippen molar-refractivity contribution in [2.75, 3.05) is 6.26 Å². The van der Waals surface area contributed by atoms with Crippen LogP contribution in [0.3, 0.4) is 0 Å². The summed E-state index contributed by atoms with van der Waals surface area (Å²) >= 11 is 0. The van der Waals surface area contributed by atoms with E-state index in [0.29, 0.717) is 11.3 Å². The predicted octanol–water partition coefficient (Wildman–Crippen LogP) is 3.17. The highest BCUT2D eigenvalue weighted by Crippen LogP contribution is 2.29. The highest BCUT2D eigenvalue weighted by atomic mass is 32.2. The Balaban J connectivity index is 2.18. The molecule has 0 aliphatic rings. The number of rotatable bonds is 3. The Hall–Kier alpha value is -2.21.